The minimum Gasteiger partial charge on any atom is -0.373 e. The molecule has 0 saturated carbocycles. The van der Waals surface area contributed by atoms with Gasteiger partial charge in [0.1, 0.15) is 11.9 Å². The van der Waals surface area contributed by atoms with Crippen LogP contribution in [0.15, 0.2) is 29.3 Å². The molecule has 3 saturated heterocycles. The Balaban J connectivity index is 0.00000256. The van der Waals surface area contributed by atoms with Crippen LogP contribution >= 0.6 is 24.0 Å². The second-order valence-corrected chi connectivity index (χ2v) is 8.33. The number of guanidine groups is 1. The SMILES string of the molecule is CCNC(=NCC1CN2CCCC2CO1)N1CC(C)OC(c2ccc(F)cc2)C1.I. The monoisotopic (exact) mass is 532 g/mol. The lowest BCUT2D eigenvalue weighted by molar-refractivity contribution is -0.0609. The molecule has 6 nitrogen and oxygen atoms in total. The molecule has 0 spiro atoms. The van der Waals surface area contributed by atoms with Gasteiger partial charge in [0.05, 0.1) is 31.9 Å². The van der Waals surface area contributed by atoms with E-state index in [9.17, 15) is 4.39 Å². The maximum atomic E-state index is 13.3. The van der Waals surface area contributed by atoms with Gasteiger partial charge >= 0.3 is 0 Å². The van der Waals surface area contributed by atoms with Crippen molar-refractivity contribution in [2.24, 2.45) is 4.99 Å². The van der Waals surface area contributed by atoms with Gasteiger partial charge in [-0.1, -0.05) is 12.1 Å². The van der Waals surface area contributed by atoms with Crippen LogP contribution in [-0.4, -0.2) is 79.9 Å². The topological polar surface area (TPSA) is 49.3 Å². The van der Waals surface area contributed by atoms with E-state index < -0.39 is 0 Å². The summed E-state index contributed by atoms with van der Waals surface area (Å²) in [6, 6.07) is 7.21. The van der Waals surface area contributed by atoms with Crippen molar-refractivity contribution in [3.63, 3.8) is 0 Å². The van der Waals surface area contributed by atoms with Crippen LogP contribution in [0.1, 0.15) is 38.4 Å². The van der Waals surface area contributed by atoms with Crippen LogP contribution < -0.4 is 5.32 Å². The van der Waals surface area contributed by atoms with Crippen LogP contribution in [-0.2, 0) is 9.47 Å². The number of hydrogen-bond donors (Lipinski definition) is 1. The number of aliphatic imine (C=N–C) groups is 1. The molecular formula is C22H34FIN4O2. The van der Waals surface area contributed by atoms with Gasteiger partial charge < -0.3 is 19.7 Å². The van der Waals surface area contributed by atoms with Gasteiger partial charge in [-0.25, -0.2) is 4.39 Å². The number of ether oxygens (including phenoxy) is 2. The van der Waals surface area contributed by atoms with Crippen LogP contribution in [0.3, 0.4) is 0 Å². The number of benzene rings is 1. The van der Waals surface area contributed by atoms with Crippen molar-refractivity contribution in [2.45, 2.75) is 51.0 Å². The summed E-state index contributed by atoms with van der Waals surface area (Å²) in [7, 11) is 0. The van der Waals surface area contributed by atoms with Gasteiger partial charge in [-0.15, -0.1) is 24.0 Å². The Morgan fingerprint density at radius 2 is 2.03 bits per heavy atom. The molecule has 3 fully saturated rings. The van der Waals surface area contributed by atoms with Gasteiger partial charge in [0.2, 0.25) is 0 Å². The summed E-state index contributed by atoms with van der Waals surface area (Å²) in [6.07, 6.45) is 2.67. The van der Waals surface area contributed by atoms with E-state index >= 15 is 0 Å². The van der Waals surface area contributed by atoms with Crippen molar-refractivity contribution >= 4 is 29.9 Å². The van der Waals surface area contributed by atoms with Gasteiger partial charge in [-0.05, 0) is 50.9 Å². The number of morpholine rings is 2. The Kier molecular flexibility index (Phi) is 8.73. The standard InChI is InChI=1S/C22H33FN4O2.HI/c1-3-24-22(25-11-20-13-26-10-4-5-19(26)15-28-20)27-12-16(2)29-21(14-27)17-6-8-18(23)9-7-17;/h6-9,16,19-21H,3-5,10-15H2,1-2H3,(H,24,25);1H. The number of halogens is 2. The molecular weight excluding hydrogens is 498 g/mol. The molecule has 0 bridgehead atoms. The molecule has 0 amide bonds. The molecule has 4 atom stereocenters. The third-order valence-electron chi connectivity index (χ3n) is 6.04. The van der Waals surface area contributed by atoms with Crippen molar-refractivity contribution in [2.75, 3.05) is 45.9 Å². The number of nitrogens with one attached hydrogen (secondary N) is 1. The maximum Gasteiger partial charge on any atom is 0.194 e. The van der Waals surface area contributed by atoms with Gasteiger partial charge in [0, 0.05) is 25.7 Å². The molecule has 1 N–H and O–H groups in total. The van der Waals surface area contributed by atoms with Crippen molar-refractivity contribution in [1.29, 1.82) is 0 Å². The van der Waals surface area contributed by atoms with Crippen LogP contribution in [0.4, 0.5) is 4.39 Å². The molecule has 30 heavy (non-hydrogen) atoms. The lowest BCUT2D eigenvalue weighted by atomic mass is 10.1. The van der Waals surface area contributed by atoms with Crippen LogP contribution in [0.2, 0.25) is 0 Å². The zero-order valence-corrected chi connectivity index (χ0v) is 20.3. The smallest absolute Gasteiger partial charge is 0.194 e. The highest BCUT2D eigenvalue weighted by Crippen LogP contribution is 2.26. The zero-order valence-electron chi connectivity index (χ0n) is 17.9. The molecule has 8 heteroatoms. The minimum absolute atomic E-state index is 0. The third kappa shape index (κ3) is 5.83. The lowest BCUT2D eigenvalue weighted by Gasteiger charge is -2.39. The van der Waals surface area contributed by atoms with Crippen LogP contribution in [0.25, 0.3) is 0 Å². The fourth-order valence-electron chi connectivity index (χ4n) is 4.60. The highest BCUT2D eigenvalue weighted by molar-refractivity contribution is 14.0. The Bertz CT molecular complexity index is 705. The normalized spacial score (nSPS) is 30.0. The average Bonchev–Trinajstić information content (AvgIpc) is 3.19. The average molecular weight is 532 g/mol. The molecule has 3 aliphatic rings. The van der Waals surface area contributed by atoms with E-state index in [1.165, 1.54) is 31.5 Å². The molecule has 0 radical (unpaired) electrons. The first-order valence-electron chi connectivity index (χ1n) is 10.9. The van der Waals surface area contributed by atoms with E-state index in [4.69, 9.17) is 14.5 Å². The summed E-state index contributed by atoms with van der Waals surface area (Å²) < 4.78 is 25.5. The molecule has 4 unspecified atom stereocenters. The predicted molar refractivity (Wildman–Crippen MR) is 127 cm³/mol. The second kappa shape index (κ2) is 11.1. The fraction of sp³-hybridized carbons (Fsp3) is 0.682. The largest absolute Gasteiger partial charge is 0.373 e. The number of hydrogen-bond acceptors (Lipinski definition) is 4. The zero-order chi connectivity index (χ0) is 20.2. The first kappa shape index (κ1) is 23.7. The number of fused-ring (bicyclic) bond motifs is 1. The second-order valence-electron chi connectivity index (χ2n) is 8.33. The molecule has 3 heterocycles. The van der Waals surface area contributed by atoms with E-state index in [2.05, 4.69) is 29.0 Å². The van der Waals surface area contributed by atoms with Gasteiger partial charge in [0.25, 0.3) is 0 Å². The Labute approximate surface area is 196 Å². The van der Waals surface area contributed by atoms with Crippen molar-refractivity contribution in [3.05, 3.63) is 35.6 Å². The van der Waals surface area contributed by atoms with Gasteiger partial charge in [-0.2, -0.15) is 0 Å². The van der Waals surface area contributed by atoms with E-state index in [1.807, 2.05) is 12.1 Å². The van der Waals surface area contributed by atoms with Crippen LogP contribution in [0, 0.1) is 5.82 Å². The summed E-state index contributed by atoms with van der Waals surface area (Å²) in [4.78, 5) is 9.73. The fourth-order valence-corrected chi connectivity index (χ4v) is 4.60. The van der Waals surface area contributed by atoms with E-state index in [0.717, 1.165) is 37.8 Å². The lowest BCUT2D eigenvalue weighted by Crippen LogP contribution is -2.51. The summed E-state index contributed by atoms with van der Waals surface area (Å²) in [5.41, 5.74) is 0.995. The van der Waals surface area contributed by atoms with Crippen molar-refractivity contribution in [3.8, 4) is 0 Å². The maximum absolute atomic E-state index is 13.3. The number of nitrogens with zero attached hydrogens (tertiary/aromatic N) is 3. The minimum atomic E-state index is -0.225. The number of rotatable bonds is 4. The molecule has 0 aliphatic carbocycles. The first-order valence-corrected chi connectivity index (χ1v) is 10.9. The van der Waals surface area contributed by atoms with Crippen LogP contribution in [0.5, 0.6) is 0 Å². The summed E-state index contributed by atoms with van der Waals surface area (Å²) >= 11 is 0. The molecule has 1 aromatic carbocycles. The molecule has 1 aromatic rings. The third-order valence-corrected chi connectivity index (χ3v) is 6.04. The summed E-state index contributed by atoms with van der Waals surface area (Å²) in [5, 5.41) is 3.43. The highest BCUT2D eigenvalue weighted by atomic mass is 127. The summed E-state index contributed by atoms with van der Waals surface area (Å²) in [6.45, 7) is 10.1. The Hall–Kier alpha value is -0.970. The quantitative estimate of drug-likeness (QED) is 0.367. The first-order chi connectivity index (χ1) is 14.1. The Morgan fingerprint density at radius 1 is 1.23 bits per heavy atom. The van der Waals surface area contributed by atoms with E-state index in [-0.39, 0.29) is 48.1 Å². The Morgan fingerprint density at radius 3 is 2.80 bits per heavy atom. The van der Waals surface area contributed by atoms with E-state index in [1.54, 1.807) is 0 Å². The van der Waals surface area contributed by atoms with E-state index in [0.29, 0.717) is 19.1 Å². The molecule has 3 aliphatic heterocycles. The van der Waals surface area contributed by atoms with Gasteiger partial charge in [-0.3, -0.25) is 9.89 Å². The highest BCUT2D eigenvalue weighted by Gasteiger charge is 2.33. The predicted octanol–water partition coefficient (Wildman–Crippen LogP) is 3.03. The van der Waals surface area contributed by atoms with Crippen molar-refractivity contribution in [1.82, 2.24) is 15.1 Å². The molecule has 4 rings (SSSR count). The summed E-state index contributed by atoms with van der Waals surface area (Å²) in [5.74, 6) is 0.680. The van der Waals surface area contributed by atoms with Gasteiger partial charge in [0.15, 0.2) is 5.96 Å². The molecule has 168 valence electrons. The molecule has 0 aromatic heterocycles. The van der Waals surface area contributed by atoms with Crippen molar-refractivity contribution < 1.29 is 13.9 Å².